The monoisotopic (exact) mass is 305 g/mol. The van der Waals surface area contributed by atoms with Crippen LogP contribution in [0.15, 0.2) is 48.5 Å². The van der Waals surface area contributed by atoms with E-state index in [1.54, 1.807) is 24.3 Å². The summed E-state index contributed by atoms with van der Waals surface area (Å²) in [6, 6.07) is 17.6. The SMILES string of the molecule is N#Cc1cccc(NC(=O)CCN2CCc3ccccc3C2)c1. The molecule has 1 amide bonds. The molecule has 1 aliphatic heterocycles. The number of nitriles is 1. The standard InChI is InChI=1S/C19H19N3O/c20-13-15-4-3-7-18(12-15)21-19(23)9-11-22-10-8-16-5-1-2-6-17(16)14-22/h1-7,12H,8-11,14H2,(H,21,23). The number of anilines is 1. The summed E-state index contributed by atoms with van der Waals surface area (Å²) in [5, 5.41) is 11.7. The molecule has 0 saturated heterocycles. The van der Waals surface area contributed by atoms with Crippen LogP contribution in [0, 0.1) is 11.3 Å². The van der Waals surface area contributed by atoms with Gasteiger partial charge in [-0.05, 0) is 35.7 Å². The third-order valence-corrected chi connectivity index (χ3v) is 4.14. The number of benzene rings is 2. The van der Waals surface area contributed by atoms with Crippen LogP contribution in [-0.2, 0) is 17.8 Å². The highest BCUT2D eigenvalue weighted by Gasteiger charge is 2.16. The van der Waals surface area contributed by atoms with Crippen molar-refractivity contribution < 1.29 is 4.79 Å². The number of hydrogen-bond donors (Lipinski definition) is 1. The third kappa shape index (κ3) is 3.97. The molecule has 0 aromatic heterocycles. The van der Waals surface area contributed by atoms with Crippen LogP contribution in [0.3, 0.4) is 0 Å². The van der Waals surface area contributed by atoms with Crippen molar-refractivity contribution in [2.75, 3.05) is 18.4 Å². The maximum atomic E-state index is 12.1. The summed E-state index contributed by atoms with van der Waals surface area (Å²) in [5.41, 5.74) is 4.01. The van der Waals surface area contributed by atoms with E-state index in [4.69, 9.17) is 5.26 Å². The Hall–Kier alpha value is -2.64. The van der Waals surface area contributed by atoms with Crippen LogP contribution in [0.2, 0.25) is 0 Å². The summed E-state index contributed by atoms with van der Waals surface area (Å²) in [6.45, 7) is 2.65. The zero-order valence-electron chi connectivity index (χ0n) is 13.0. The van der Waals surface area contributed by atoms with Crippen molar-refractivity contribution >= 4 is 11.6 Å². The summed E-state index contributed by atoms with van der Waals surface area (Å²) < 4.78 is 0. The molecular weight excluding hydrogens is 286 g/mol. The number of rotatable bonds is 4. The zero-order chi connectivity index (χ0) is 16.1. The molecule has 2 aromatic rings. The van der Waals surface area contributed by atoms with E-state index in [1.165, 1.54) is 11.1 Å². The Kier molecular flexibility index (Phi) is 4.70. The lowest BCUT2D eigenvalue weighted by molar-refractivity contribution is -0.116. The first-order chi connectivity index (χ1) is 11.2. The fraction of sp³-hybridized carbons (Fsp3) is 0.263. The molecule has 116 valence electrons. The van der Waals surface area contributed by atoms with Crippen molar-refractivity contribution in [2.24, 2.45) is 0 Å². The van der Waals surface area contributed by atoms with Gasteiger partial charge in [-0.25, -0.2) is 0 Å². The van der Waals surface area contributed by atoms with Crippen LogP contribution in [-0.4, -0.2) is 23.9 Å². The molecule has 2 aromatic carbocycles. The number of amides is 1. The van der Waals surface area contributed by atoms with Gasteiger partial charge in [0, 0.05) is 31.7 Å². The normalized spacial score (nSPS) is 13.9. The first-order valence-corrected chi connectivity index (χ1v) is 7.84. The molecule has 4 heteroatoms. The predicted octanol–water partition coefficient (Wildman–Crippen LogP) is 2.95. The lowest BCUT2D eigenvalue weighted by Gasteiger charge is -2.28. The highest BCUT2D eigenvalue weighted by atomic mass is 16.1. The van der Waals surface area contributed by atoms with E-state index in [1.807, 2.05) is 0 Å². The van der Waals surface area contributed by atoms with Crippen LogP contribution >= 0.6 is 0 Å². The molecule has 0 radical (unpaired) electrons. The summed E-state index contributed by atoms with van der Waals surface area (Å²) in [6.07, 6.45) is 1.50. The molecule has 1 aliphatic rings. The Morgan fingerprint density at radius 3 is 2.83 bits per heavy atom. The van der Waals surface area contributed by atoms with Gasteiger partial charge >= 0.3 is 0 Å². The largest absolute Gasteiger partial charge is 0.326 e. The Labute approximate surface area is 136 Å². The van der Waals surface area contributed by atoms with Gasteiger partial charge in [-0.1, -0.05) is 30.3 Å². The summed E-state index contributed by atoms with van der Waals surface area (Å²) in [5.74, 6) is -0.0149. The molecule has 0 unspecified atom stereocenters. The highest BCUT2D eigenvalue weighted by molar-refractivity contribution is 5.90. The molecule has 0 atom stereocenters. The fourth-order valence-corrected chi connectivity index (χ4v) is 2.89. The molecule has 1 heterocycles. The van der Waals surface area contributed by atoms with E-state index >= 15 is 0 Å². The maximum Gasteiger partial charge on any atom is 0.225 e. The smallest absolute Gasteiger partial charge is 0.225 e. The molecule has 3 rings (SSSR count). The van der Waals surface area contributed by atoms with Crippen LogP contribution in [0.1, 0.15) is 23.1 Å². The molecule has 0 bridgehead atoms. The van der Waals surface area contributed by atoms with Gasteiger partial charge in [-0.2, -0.15) is 5.26 Å². The second-order valence-corrected chi connectivity index (χ2v) is 5.79. The number of nitrogens with one attached hydrogen (secondary N) is 1. The molecule has 0 aliphatic carbocycles. The Morgan fingerprint density at radius 2 is 2.00 bits per heavy atom. The molecular formula is C19H19N3O. The van der Waals surface area contributed by atoms with Crippen molar-refractivity contribution in [1.29, 1.82) is 5.26 Å². The van der Waals surface area contributed by atoms with Crippen LogP contribution in [0.5, 0.6) is 0 Å². The topological polar surface area (TPSA) is 56.1 Å². The molecule has 4 nitrogen and oxygen atoms in total. The second kappa shape index (κ2) is 7.08. The second-order valence-electron chi connectivity index (χ2n) is 5.79. The zero-order valence-corrected chi connectivity index (χ0v) is 13.0. The van der Waals surface area contributed by atoms with Gasteiger partial charge in [0.25, 0.3) is 0 Å². The van der Waals surface area contributed by atoms with Crippen molar-refractivity contribution in [1.82, 2.24) is 4.90 Å². The van der Waals surface area contributed by atoms with Gasteiger partial charge in [-0.15, -0.1) is 0 Å². The average molecular weight is 305 g/mol. The first kappa shape index (κ1) is 15.3. The molecule has 0 fully saturated rings. The van der Waals surface area contributed by atoms with Gasteiger partial charge in [0.1, 0.15) is 0 Å². The van der Waals surface area contributed by atoms with E-state index in [0.29, 0.717) is 17.7 Å². The average Bonchev–Trinajstić information content (AvgIpc) is 2.60. The Balaban J connectivity index is 1.51. The number of carbonyl (C=O) groups is 1. The molecule has 1 N–H and O–H groups in total. The minimum atomic E-state index is -0.0149. The summed E-state index contributed by atoms with van der Waals surface area (Å²) in [7, 11) is 0. The lowest BCUT2D eigenvalue weighted by Crippen LogP contribution is -2.33. The molecule has 0 saturated carbocycles. The van der Waals surface area contributed by atoms with Crippen molar-refractivity contribution in [3.63, 3.8) is 0 Å². The lowest BCUT2D eigenvalue weighted by atomic mass is 10.00. The Bertz CT molecular complexity index is 748. The minimum Gasteiger partial charge on any atom is -0.326 e. The van der Waals surface area contributed by atoms with Crippen molar-refractivity contribution in [3.05, 3.63) is 65.2 Å². The van der Waals surface area contributed by atoms with E-state index in [2.05, 4.69) is 40.6 Å². The van der Waals surface area contributed by atoms with Gasteiger partial charge in [0.2, 0.25) is 5.91 Å². The fourth-order valence-electron chi connectivity index (χ4n) is 2.89. The van der Waals surface area contributed by atoms with Crippen LogP contribution in [0.25, 0.3) is 0 Å². The Morgan fingerprint density at radius 1 is 1.17 bits per heavy atom. The summed E-state index contributed by atoms with van der Waals surface area (Å²) >= 11 is 0. The quantitative estimate of drug-likeness (QED) is 0.945. The third-order valence-electron chi connectivity index (χ3n) is 4.14. The van der Waals surface area contributed by atoms with Crippen molar-refractivity contribution in [3.8, 4) is 6.07 Å². The van der Waals surface area contributed by atoms with Crippen LogP contribution in [0.4, 0.5) is 5.69 Å². The highest BCUT2D eigenvalue weighted by Crippen LogP contribution is 2.18. The minimum absolute atomic E-state index is 0.0149. The van der Waals surface area contributed by atoms with Gasteiger partial charge < -0.3 is 5.32 Å². The van der Waals surface area contributed by atoms with Crippen molar-refractivity contribution in [2.45, 2.75) is 19.4 Å². The van der Waals surface area contributed by atoms with Gasteiger partial charge in [-0.3, -0.25) is 9.69 Å². The first-order valence-electron chi connectivity index (χ1n) is 7.84. The number of fused-ring (bicyclic) bond motifs is 1. The molecule has 0 spiro atoms. The van der Waals surface area contributed by atoms with Gasteiger partial charge in [0.05, 0.1) is 11.6 Å². The van der Waals surface area contributed by atoms with E-state index in [9.17, 15) is 4.79 Å². The molecule has 23 heavy (non-hydrogen) atoms. The number of nitrogens with zero attached hydrogens (tertiary/aromatic N) is 2. The number of hydrogen-bond acceptors (Lipinski definition) is 3. The maximum absolute atomic E-state index is 12.1. The number of carbonyl (C=O) groups excluding carboxylic acids is 1. The van der Waals surface area contributed by atoms with E-state index in [0.717, 1.165) is 26.1 Å². The van der Waals surface area contributed by atoms with Gasteiger partial charge in [0.15, 0.2) is 0 Å². The van der Waals surface area contributed by atoms with E-state index < -0.39 is 0 Å². The predicted molar refractivity (Wildman–Crippen MR) is 89.8 cm³/mol. The van der Waals surface area contributed by atoms with Crippen LogP contribution < -0.4 is 5.32 Å². The van der Waals surface area contributed by atoms with E-state index in [-0.39, 0.29) is 5.91 Å². The summed E-state index contributed by atoms with van der Waals surface area (Å²) in [4.78, 5) is 14.4.